The number of hydrogen-bond acceptors (Lipinski definition) is 7. The van der Waals surface area contributed by atoms with E-state index in [1.807, 2.05) is 6.26 Å². The number of anilines is 1. The molecular formula is C12H11N5O2S. The van der Waals surface area contributed by atoms with Crippen molar-refractivity contribution < 1.29 is 4.92 Å². The van der Waals surface area contributed by atoms with E-state index in [0.29, 0.717) is 10.8 Å². The molecule has 0 radical (unpaired) electrons. The van der Waals surface area contributed by atoms with E-state index in [9.17, 15) is 10.1 Å². The van der Waals surface area contributed by atoms with Crippen molar-refractivity contribution in [2.45, 2.75) is 5.16 Å². The average molecular weight is 289 g/mol. The molecule has 0 aliphatic heterocycles. The van der Waals surface area contributed by atoms with Gasteiger partial charge in [0, 0.05) is 30.1 Å². The fraction of sp³-hybridized carbons (Fsp3) is 0.0833. The fourth-order valence-corrected chi connectivity index (χ4v) is 1.65. The highest BCUT2D eigenvalue weighted by molar-refractivity contribution is 7.98. The van der Waals surface area contributed by atoms with E-state index in [0.717, 1.165) is 5.56 Å². The van der Waals surface area contributed by atoms with Gasteiger partial charge in [0.15, 0.2) is 5.16 Å². The number of hydrogen-bond donors (Lipinski definition) is 1. The van der Waals surface area contributed by atoms with Crippen LogP contribution < -0.4 is 5.43 Å². The molecule has 2 rings (SSSR count). The van der Waals surface area contributed by atoms with Gasteiger partial charge in [-0.25, -0.2) is 9.97 Å². The number of thioether (sulfide) groups is 1. The number of nitro groups is 1. The Morgan fingerprint density at radius 2 is 1.95 bits per heavy atom. The van der Waals surface area contributed by atoms with E-state index in [4.69, 9.17) is 0 Å². The number of non-ortho nitro benzene ring substituents is 1. The van der Waals surface area contributed by atoms with Gasteiger partial charge in [0.2, 0.25) is 0 Å². The summed E-state index contributed by atoms with van der Waals surface area (Å²) in [7, 11) is 0. The second-order valence-corrected chi connectivity index (χ2v) is 4.45. The number of rotatable bonds is 5. The topological polar surface area (TPSA) is 93.3 Å². The van der Waals surface area contributed by atoms with Crippen LogP contribution >= 0.6 is 11.8 Å². The van der Waals surface area contributed by atoms with Crippen molar-refractivity contribution in [1.82, 2.24) is 9.97 Å². The summed E-state index contributed by atoms with van der Waals surface area (Å²) in [5, 5.41) is 15.2. The van der Waals surface area contributed by atoms with Gasteiger partial charge in [0.25, 0.3) is 5.69 Å². The number of hydrazone groups is 1. The Balaban J connectivity index is 1.96. The number of nitrogens with one attached hydrogen (secondary N) is 1. The Morgan fingerprint density at radius 1 is 1.30 bits per heavy atom. The molecule has 1 aromatic carbocycles. The molecule has 0 aliphatic carbocycles. The third kappa shape index (κ3) is 3.75. The summed E-state index contributed by atoms with van der Waals surface area (Å²) in [6.45, 7) is 0. The number of nitro benzene ring substituents is 1. The van der Waals surface area contributed by atoms with E-state index >= 15 is 0 Å². The lowest BCUT2D eigenvalue weighted by Gasteiger charge is -1.99. The minimum absolute atomic E-state index is 0.0422. The van der Waals surface area contributed by atoms with Crippen molar-refractivity contribution in [3.63, 3.8) is 0 Å². The Morgan fingerprint density at radius 3 is 2.50 bits per heavy atom. The van der Waals surface area contributed by atoms with Crippen molar-refractivity contribution in [1.29, 1.82) is 0 Å². The predicted octanol–water partition coefficient (Wildman–Crippen LogP) is 2.55. The van der Waals surface area contributed by atoms with E-state index in [1.165, 1.54) is 23.9 Å². The second-order valence-electron chi connectivity index (χ2n) is 3.68. The first-order chi connectivity index (χ1) is 9.69. The zero-order valence-electron chi connectivity index (χ0n) is 10.6. The maximum Gasteiger partial charge on any atom is 0.269 e. The lowest BCUT2D eigenvalue weighted by atomic mass is 10.3. The largest absolute Gasteiger partial charge is 0.278 e. The monoisotopic (exact) mass is 289 g/mol. The van der Waals surface area contributed by atoms with E-state index in [-0.39, 0.29) is 5.69 Å². The van der Waals surface area contributed by atoms with E-state index < -0.39 is 4.92 Å². The molecule has 0 saturated carbocycles. The molecule has 2 aromatic rings. The molecule has 1 N–H and O–H groups in total. The molecule has 0 fully saturated rings. The van der Waals surface area contributed by atoms with Gasteiger partial charge in [-0.1, -0.05) is 11.8 Å². The van der Waals surface area contributed by atoms with Crippen LogP contribution in [0, 0.1) is 10.1 Å². The molecule has 0 spiro atoms. The third-order valence-electron chi connectivity index (χ3n) is 2.32. The second kappa shape index (κ2) is 6.62. The lowest BCUT2D eigenvalue weighted by molar-refractivity contribution is -0.384. The van der Waals surface area contributed by atoms with Crippen LogP contribution in [0.25, 0.3) is 0 Å². The summed E-state index contributed by atoms with van der Waals surface area (Å²) < 4.78 is 0. The Hall–Kier alpha value is -2.48. The molecule has 0 atom stereocenters. The Labute approximate surface area is 119 Å². The SMILES string of the molecule is CSc1ncc(C=NNc2ccc([N+](=O)[O-])cc2)cn1. The van der Waals surface area contributed by atoms with Crippen LogP contribution in [0.2, 0.25) is 0 Å². The minimum Gasteiger partial charge on any atom is -0.278 e. The minimum atomic E-state index is -0.447. The molecule has 20 heavy (non-hydrogen) atoms. The first-order valence-corrected chi connectivity index (χ1v) is 6.81. The van der Waals surface area contributed by atoms with E-state index in [2.05, 4.69) is 20.5 Å². The quantitative estimate of drug-likeness (QED) is 0.299. The Bertz CT molecular complexity index is 613. The smallest absolute Gasteiger partial charge is 0.269 e. The first kappa shape index (κ1) is 13.9. The van der Waals surface area contributed by atoms with Gasteiger partial charge in [-0.2, -0.15) is 5.10 Å². The van der Waals surface area contributed by atoms with Gasteiger partial charge >= 0.3 is 0 Å². The molecular weight excluding hydrogens is 278 g/mol. The van der Waals surface area contributed by atoms with Gasteiger partial charge in [0.1, 0.15) is 0 Å². The van der Waals surface area contributed by atoms with Crippen LogP contribution in [0.3, 0.4) is 0 Å². The molecule has 0 aliphatic rings. The van der Waals surface area contributed by atoms with Crippen molar-refractivity contribution in [3.8, 4) is 0 Å². The Kier molecular flexibility index (Phi) is 4.61. The molecule has 7 nitrogen and oxygen atoms in total. The number of nitrogens with zero attached hydrogens (tertiary/aromatic N) is 4. The third-order valence-corrected chi connectivity index (χ3v) is 2.89. The van der Waals surface area contributed by atoms with Gasteiger partial charge in [-0.05, 0) is 18.4 Å². The number of aromatic nitrogens is 2. The first-order valence-electron chi connectivity index (χ1n) is 5.58. The summed E-state index contributed by atoms with van der Waals surface area (Å²) in [5.74, 6) is 0. The van der Waals surface area contributed by atoms with Crippen LogP contribution in [0.1, 0.15) is 5.56 Å². The molecule has 8 heteroatoms. The van der Waals surface area contributed by atoms with Gasteiger partial charge in [0.05, 0.1) is 16.8 Å². The predicted molar refractivity (Wildman–Crippen MR) is 78.1 cm³/mol. The lowest BCUT2D eigenvalue weighted by Crippen LogP contribution is -1.93. The van der Waals surface area contributed by atoms with Gasteiger partial charge in [-0.3, -0.25) is 15.5 Å². The fourth-order valence-electron chi connectivity index (χ4n) is 1.34. The molecule has 102 valence electrons. The molecule has 0 unspecified atom stereocenters. The zero-order chi connectivity index (χ0) is 14.4. The normalized spacial score (nSPS) is 10.7. The molecule has 0 amide bonds. The van der Waals surface area contributed by atoms with Gasteiger partial charge < -0.3 is 0 Å². The summed E-state index contributed by atoms with van der Waals surface area (Å²) in [4.78, 5) is 18.3. The molecule has 1 heterocycles. The van der Waals surface area contributed by atoms with Crippen molar-refractivity contribution in [3.05, 3.63) is 52.3 Å². The van der Waals surface area contributed by atoms with Crippen LogP contribution in [0.5, 0.6) is 0 Å². The molecule has 1 aromatic heterocycles. The van der Waals surface area contributed by atoms with Gasteiger partial charge in [-0.15, -0.1) is 0 Å². The van der Waals surface area contributed by atoms with Crippen LogP contribution in [0.4, 0.5) is 11.4 Å². The van der Waals surface area contributed by atoms with E-state index in [1.54, 1.807) is 30.7 Å². The van der Waals surface area contributed by atoms with Crippen molar-refractivity contribution in [2.75, 3.05) is 11.7 Å². The van der Waals surface area contributed by atoms with Crippen molar-refractivity contribution >= 4 is 29.4 Å². The maximum absolute atomic E-state index is 10.5. The average Bonchev–Trinajstić information content (AvgIpc) is 2.48. The summed E-state index contributed by atoms with van der Waals surface area (Å²) in [6, 6.07) is 5.99. The van der Waals surface area contributed by atoms with Crippen LogP contribution in [-0.2, 0) is 0 Å². The summed E-state index contributed by atoms with van der Waals surface area (Å²) in [6.07, 6.45) is 6.81. The summed E-state index contributed by atoms with van der Waals surface area (Å²) >= 11 is 1.46. The highest BCUT2D eigenvalue weighted by Gasteiger charge is 2.02. The van der Waals surface area contributed by atoms with Crippen molar-refractivity contribution in [2.24, 2.45) is 5.10 Å². The number of benzene rings is 1. The zero-order valence-corrected chi connectivity index (χ0v) is 11.4. The standard InChI is InChI=1S/C12H11N5O2S/c1-20-12-13-6-9(7-14-12)8-15-16-10-2-4-11(5-3-10)17(18)19/h2-8,16H,1H3. The maximum atomic E-state index is 10.5. The van der Waals surface area contributed by atoms with Crippen LogP contribution in [-0.4, -0.2) is 27.4 Å². The molecule has 0 bridgehead atoms. The summed E-state index contributed by atoms with van der Waals surface area (Å²) in [5.41, 5.74) is 4.24. The van der Waals surface area contributed by atoms with Crippen LogP contribution in [0.15, 0.2) is 46.9 Å². The highest BCUT2D eigenvalue weighted by Crippen LogP contribution is 2.15. The highest BCUT2D eigenvalue weighted by atomic mass is 32.2. The molecule has 0 saturated heterocycles.